The fourth-order valence-corrected chi connectivity index (χ4v) is 7.71. The van der Waals surface area contributed by atoms with Gasteiger partial charge >= 0.3 is 0 Å². The van der Waals surface area contributed by atoms with E-state index in [0.717, 1.165) is 29.8 Å². The summed E-state index contributed by atoms with van der Waals surface area (Å²) in [7, 11) is -2.24. The lowest BCUT2D eigenvalue weighted by atomic mass is 9.66. The van der Waals surface area contributed by atoms with Gasteiger partial charge in [0.1, 0.15) is 11.6 Å². The van der Waals surface area contributed by atoms with E-state index in [9.17, 15) is 13.0 Å². The number of rotatable bonds is 4. The van der Waals surface area contributed by atoms with Crippen molar-refractivity contribution < 1.29 is 13.0 Å². The predicted molar refractivity (Wildman–Crippen MR) is 141 cm³/mol. The Morgan fingerprint density at radius 1 is 1.08 bits per heavy atom. The van der Waals surface area contributed by atoms with Gasteiger partial charge in [0.2, 0.25) is 5.95 Å². The summed E-state index contributed by atoms with van der Waals surface area (Å²) in [5.74, 6) is 3.32. The van der Waals surface area contributed by atoms with Crippen molar-refractivity contribution in [2.24, 2.45) is 5.41 Å². The molecule has 2 bridgehead atoms. The zero-order chi connectivity index (χ0) is 26.2. The second kappa shape index (κ2) is 8.26. The van der Waals surface area contributed by atoms with Crippen molar-refractivity contribution in [2.75, 3.05) is 37.3 Å². The molecule has 1 saturated carbocycles. The Morgan fingerprint density at radius 3 is 2.46 bits per heavy atom. The molecule has 3 heterocycles. The minimum Gasteiger partial charge on any atom is -0.338 e. The van der Waals surface area contributed by atoms with Gasteiger partial charge in [-0.2, -0.15) is 5.10 Å². The molecule has 194 valence electrons. The van der Waals surface area contributed by atoms with E-state index in [2.05, 4.69) is 39.8 Å². The van der Waals surface area contributed by atoms with Crippen molar-refractivity contribution in [3.05, 3.63) is 65.1 Å². The minimum absolute atomic E-state index is 0.144. The van der Waals surface area contributed by atoms with E-state index in [-0.39, 0.29) is 22.6 Å². The summed E-state index contributed by atoms with van der Waals surface area (Å²) >= 11 is 0. The molecule has 37 heavy (non-hydrogen) atoms. The molecule has 2 aliphatic carbocycles. The first-order valence-electron chi connectivity index (χ1n) is 12.5. The van der Waals surface area contributed by atoms with Crippen LogP contribution in [0.25, 0.3) is 11.3 Å². The fourth-order valence-electron chi connectivity index (χ4n) is 6.77. The minimum atomic E-state index is -2.24. The van der Waals surface area contributed by atoms with Crippen molar-refractivity contribution in [3.8, 4) is 11.3 Å². The van der Waals surface area contributed by atoms with Crippen LogP contribution in [0, 0.1) is 17.0 Å². The highest BCUT2D eigenvalue weighted by atomic mass is 32.2. The van der Waals surface area contributed by atoms with E-state index in [1.807, 2.05) is 16.4 Å². The first kappa shape index (κ1) is 24.4. The molecule has 0 radical (unpaired) electrons. The maximum atomic E-state index is 14.5. The average Bonchev–Trinajstić information content (AvgIpc) is 3.24. The number of anilines is 1. The smallest absolute Gasteiger partial charge is 0.225 e. The Labute approximate surface area is 216 Å². The molecule has 6 rings (SSSR count). The van der Waals surface area contributed by atoms with Crippen LogP contribution in [0.15, 0.2) is 36.5 Å². The largest absolute Gasteiger partial charge is 0.338 e. The number of piperazine rings is 1. The Kier molecular flexibility index (Phi) is 5.44. The van der Waals surface area contributed by atoms with Crippen LogP contribution < -0.4 is 4.90 Å². The Hall–Kier alpha value is -2.98. The highest BCUT2D eigenvalue weighted by molar-refractivity contribution is 7.97. The molecule has 1 aliphatic heterocycles. The van der Waals surface area contributed by atoms with E-state index in [1.54, 1.807) is 12.5 Å². The lowest BCUT2D eigenvalue weighted by Gasteiger charge is -2.38. The molecule has 2 fully saturated rings. The molecule has 1 saturated heterocycles. The summed E-state index contributed by atoms with van der Waals surface area (Å²) in [5, 5.41) is 8.94. The maximum Gasteiger partial charge on any atom is 0.225 e. The predicted octanol–water partition coefficient (Wildman–Crippen LogP) is 3.80. The summed E-state index contributed by atoms with van der Waals surface area (Å²) in [4.78, 5) is 11.7. The van der Waals surface area contributed by atoms with Crippen LogP contribution in [-0.4, -0.2) is 67.0 Å². The Balaban J connectivity index is 1.40. The molecule has 1 aromatic carbocycles. The normalized spacial score (nSPS) is 26.2. The molecule has 3 aliphatic rings. The van der Waals surface area contributed by atoms with Gasteiger partial charge in [-0.25, -0.2) is 23.1 Å². The SMILES string of the molecule is C=S(C)(=O)N1CCN(c2nccc([C@@]34CC[C@@H](c5cc(-c6c(F)cccc6F)nnc53)C4(C)C)n2)CC1. The van der Waals surface area contributed by atoms with Crippen LogP contribution in [0.4, 0.5) is 14.7 Å². The van der Waals surface area contributed by atoms with Gasteiger partial charge in [-0.1, -0.05) is 19.9 Å². The van der Waals surface area contributed by atoms with E-state index >= 15 is 0 Å². The monoisotopic (exact) mass is 524 g/mol. The zero-order valence-electron chi connectivity index (χ0n) is 21.2. The summed E-state index contributed by atoms with van der Waals surface area (Å²) in [5.41, 5.74) is 2.10. The molecule has 3 aromatic rings. The fraction of sp³-hybridized carbons (Fsp3) is 0.444. The molecule has 10 heteroatoms. The van der Waals surface area contributed by atoms with Crippen LogP contribution in [0.3, 0.4) is 0 Å². The second-order valence-corrected chi connectivity index (χ2v) is 13.4. The first-order chi connectivity index (χ1) is 17.5. The highest BCUT2D eigenvalue weighted by Crippen LogP contribution is 2.69. The number of fused-ring (bicyclic) bond motifs is 5. The van der Waals surface area contributed by atoms with E-state index in [1.165, 1.54) is 18.2 Å². The third-order valence-corrected chi connectivity index (χ3v) is 10.2. The van der Waals surface area contributed by atoms with Gasteiger partial charge in [-0.3, -0.25) is 4.21 Å². The first-order valence-corrected chi connectivity index (χ1v) is 14.6. The van der Waals surface area contributed by atoms with Crippen molar-refractivity contribution in [1.82, 2.24) is 24.5 Å². The van der Waals surface area contributed by atoms with E-state index in [0.29, 0.717) is 32.1 Å². The van der Waals surface area contributed by atoms with Crippen LogP contribution in [0.2, 0.25) is 0 Å². The Bertz CT molecular complexity index is 1480. The van der Waals surface area contributed by atoms with Crippen LogP contribution >= 0.6 is 0 Å². The van der Waals surface area contributed by atoms with Gasteiger partial charge in [-0.05, 0) is 59.9 Å². The van der Waals surface area contributed by atoms with Gasteiger partial charge in [0.05, 0.1) is 28.1 Å². The number of nitrogens with zero attached hydrogens (tertiary/aromatic N) is 6. The van der Waals surface area contributed by atoms with Gasteiger partial charge in [0.15, 0.2) is 0 Å². The summed E-state index contributed by atoms with van der Waals surface area (Å²) in [6.45, 7) is 7.04. The van der Waals surface area contributed by atoms with Crippen molar-refractivity contribution in [3.63, 3.8) is 0 Å². The average molecular weight is 525 g/mol. The molecule has 1 unspecified atom stereocenters. The highest BCUT2D eigenvalue weighted by Gasteiger charge is 2.65. The van der Waals surface area contributed by atoms with E-state index < -0.39 is 26.8 Å². The molecule has 0 amide bonds. The third kappa shape index (κ3) is 3.52. The van der Waals surface area contributed by atoms with Crippen LogP contribution in [0.5, 0.6) is 0 Å². The topological polar surface area (TPSA) is 75.1 Å². The summed E-state index contributed by atoms with van der Waals surface area (Å²) in [6.07, 6.45) is 5.25. The number of benzene rings is 1. The van der Waals surface area contributed by atoms with Gasteiger partial charge in [0.25, 0.3) is 0 Å². The summed E-state index contributed by atoms with van der Waals surface area (Å²) < 4.78 is 43.3. The molecule has 3 atom stereocenters. The zero-order valence-corrected chi connectivity index (χ0v) is 22.1. The van der Waals surface area contributed by atoms with E-state index in [4.69, 9.17) is 4.98 Å². The van der Waals surface area contributed by atoms with Crippen molar-refractivity contribution in [2.45, 2.75) is 38.0 Å². The number of aromatic nitrogens is 4. The van der Waals surface area contributed by atoms with Gasteiger partial charge in [0, 0.05) is 48.3 Å². The lowest BCUT2D eigenvalue weighted by Crippen LogP contribution is -2.49. The molecule has 0 N–H and O–H groups in total. The van der Waals surface area contributed by atoms with Gasteiger partial charge in [-0.15, -0.1) is 5.10 Å². The summed E-state index contributed by atoms with van der Waals surface area (Å²) in [6, 6.07) is 7.60. The van der Waals surface area contributed by atoms with Crippen molar-refractivity contribution >= 4 is 21.5 Å². The molecule has 7 nitrogen and oxygen atoms in total. The number of hydrogen-bond acceptors (Lipinski definition) is 6. The Morgan fingerprint density at radius 2 is 1.78 bits per heavy atom. The number of halogens is 2. The standard InChI is InChI=1S/C27H30F2N6OS/c1-26(2)18-8-10-27(26,24-17(18)16-21(32-33-24)23-19(28)6-5-7-20(23)29)22-9-11-30-25(31-22)34-12-14-35(15-13-34)37(3,4)36/h5-7,9,11,16,18H,3,8,10,12-15H2,1-2,4H3/t18-,27-,37?/m0/s1. The quantitative estimate of drug-likeness (QED) is 0.484. The molecule has 2 aromatic heterocycles. The van der Waals surface area contributed by atoms with Gasteiger partial charge < -0.3 is 4.90 Å². The number of hydrogen-bond donors (Lipinski definition) is 0. The maximum absolute atomic E-state index is 14.5. The second-order valence-electron chi connectivity index (χ2n) is 11.0. The third-order valence-electron chi connectivity index (χ3n) is 8.75. The molecular weight excluding hydrogens is 494 g/mol. The van der Waals surface area contributed by atoms with Crippen LogP contribution in [0.1, 0.15) is 49.6 Å². The molecule has 0 spiro atoms. The van der Waals surface area contributed by atoms with Crippen LogP contribution in [-0.2, 0) is 15.1 Å². The van der Waals surface area contributed by atoms with Crippen molar-refractivity contribution in [1.29, 1.82) is 0 Å². The molecular formula is C27H30F2N6OS. The lowest BCUT2D eigenvalue weighted by molar-refractivity contribution is 0.242.